The summed E-state index contributed by atoms with van der Waals surface area (Å²) in [6, 6.07) is -1.23. The number of carbonyl (C=O) groups excluding carboxylic acids is 2. The van der Waals surface area contributed by atoms with Crippen molar-refractivity contribution in [2.75, 3.05) is 19.7 Å². The summed E-state index contributed by atoms with van der Waals surface area (Å²) in [7, 11) is 0. The van der Waals surface area contributed by atoms with Crippen LogP contribution in [-0.2, 0) is 14.3 Å². The maximum atomic E-state index is 11.7. The van der Waals surface area contributed by atoms with Gasteiger partial charge in [0, 0.05) is 13.1 Å². The number of amides is 2. The first-order valence-electron chi connectivity index (χ1n) is 5.86. The maximum Gasteiger partial charge on any atom is 0.328 e. The van der Waals surface area contributed by atoms with E-state index in [1.807, 2.05) is 0 Å². The lowest BCUT2D eigenvalue weighted by molar-refractivity contribution is -0.145. The molecule has 0 heterocycles. The third kappa shape index (κ3) is 6.07. The van der Waals surface area contributed by atoms with Gasteiger partial charge in [0.1, 0.15) is 6.04 Å². The Hall–Kier alpha value is -1.79. The van der Waals surface area contributed by atoms with E-state index < -0.39 is 24.0 Å². The summed E-state index contributed by atoms with van der Waals surface area (Å²) >= 11 is 0. The third-order valence-electron chi connectivity index (χ3n) is 2.24. The predicted molar refractivity (Wildman–Crippen MR) is 64.1 cm³/mol. The van der Waals surface area contributed by atoms with Gasteiger partial charge in [-0.3, -0.25) is 4.79 Å². The Kier molecular flexibility index (Phi) is 7.50. The van der Waals surface area contributed by atoms with Crippen molar-refractivity contribution in [1.82, 2.24) is 10.2 Å². The molecule has 2 N–H and O–H groups in total. The van der Waals surface area contributed by atoms with Gasteiger partial charge in [0.05, 0.1) is 13.0 Å². The van der Waals surface area contributed by atoms with Crippen LogP contribution in [0.25, 0.3) is 0 Å². The number of urea groups is 1. The minimum atomic E-state index is -0.973. The second-order valence-electron chi connectivity index (χ2n) is 3.65. The van der Waals surface area contributed by atoms with Gasteiger partial charge >= 0.3 is 18.0 Å². The molecule has 2 amide bonds. The van der Waals surface area contributed by atoms with Gasteiger partial charge in [0.2, 0.25) is 0 Å². The van der Waals surface area contributed by atoms with E-state index in [0.29, 0.717) is 6.54 Å². The average Bonchev–Trinajstić information content (AvgIpc) is 2.29. The zero-order chi connectivity index (χ0) is 14.1. The quantitative estimate of drug-likeness (QED) is 0.648. The molecule has 0 spiro atoms. The number of esters is 1. The van der Waals surface area contributed by atoms with Gasteiger partial charge in [0.15, 0.2) is 0 Å². The minimum Gasteiger partial charge on any atom is -0.481 e. The maximum absolute atomic E-state index is 11.7. The highest BCUT2D eigenvalue weighted by atomic mass is 16.5. The van der Waals surface area contributed by atoms with E-state index >= 15 is 0 Å². The SMILES string of the molecule is CCOC(=O)C(C)NC(=O)N(CC)CCC(=O)O. The summed E-state index contributed by atoms with van der Waals surface area (Å²) in [5.74, 6) is -1.49. The summed E-state index contributed by atoms with van der Waals surface area (Å²) in [6.07, 6.45) is -0.130. The van der Waals surface area contributed by atoms with Gasteiger partial charge in [-0.25, -0.2) is 9.59 Å². The molecule has 0 radical (unpaired) electrons. The lowest BCUT2D eigenvalue weighted by atomic mass is 10.3. The molecular formula is C11H20N2O5. The lowest BCUT2D eigenvalue weighted by Gasteiger charge is -2.22. The number of carboxylic acid groups (broad SMARTS) is 1. The van der Waals surface area contributed by atoms with Crippen LogP contribution in [0.2, 0.25) is 0 Å². The van der Waals surface area contributed by atoms with Crippen LogP contribution >= 0.6 is 0 Å². The molecule has 0 rings (SSSR count). The number of aliphatic carboxylic acids is 1. The van der Waals surface area contributed by atoms with Crippen LogP contribution in [0.5, 0.6) is 0 Å². The van der Waals surface area contributed by atoms with Crippen LogP contribution in [-0.4, -0.2) is 53.7 Å². The number of nitrogens with zero attached hydrogens (tertiary/aromatic N) is 1. The Labute approximate surface area is 106 Å². The van der Waals surface area contributed by atoms with E-state index in [-0.39, 0.29) is 19.6 Å². The standard InChI is InChI=1S/C11H20N2O5/c1-4-13(7-6-9(14)15)11(17)12-8(3)10(16)18-5-2/h8H,4-7H2,1-3H3,(H,12,17)(H,14,15). The van der Waals surface area contributed by atoms with Crippen LogP contribution in [0.4, 0.5) is 4.79 Å². The first kappa shape index (κ1) is 16.2. The van der Waals surface area contributed by atoms with Crippen molar-refractivity contribution < 1.29 is 24.2 Å². The number of hydrogen-bond donors (Lipinski definition) is 2. The van der Waals surface area contributed by atoms with E-state index in [2.05, 4.69) is 5.32 Å². The molecule has 0 aromatic rings. The second-order valence-corrected chi connectivity index (χ2v) is 3.65. The number of hydrogen-bond acceptors (Lipinski definition) is 4. The summed E-state index contributed by atoms with van der Waals surface area (Å²) in [4.78, 5) is 34.8. The van der Waals surface area contributed by atoms with E-state index in [1.54, 1.807) is 13.8 Å². The van der Waals surface area contributed by atoms with Gasteiger partial charge < -0.3 is 20.1 Å². The molecule has 0 saturated carbocycles. The van der Waals surface area contributed by atoms with Gasteiger partial charge in [-0.1, -0.05) is 0 Å². The monoisotopic (exact) mass is 260 g/mol. The number of carbonyl (C=O) groups is 3. The van der Waals surface area contributed by atoms with Gasteiger partial charge in [-0.05, 0) is 20.8 Å². The van der Waals surface area contributed by atoms with E-state index in [9.17, 15) is 14.4 Å². The molecule has 0 aliphatic carbocycles. The highest BCUT2D eigenvalue weighted by Crippen LogP contribution is 1.96. The van der Waals surface area contributed by atoms with Crippen molar-refractivity contribution in [3.8, 4) is 0 Å². The smallest absolute Gasteiger partial charge is 0.328 e. The molecule has 18 heavy (non-hydrogen) atoms. The summed E-state index contributed by atoms with van der Waals surface area (Å²) in [5, 5.41) is 11.0. The Morgan fingerprint density at radius 3 is 2.39 bits per heavy atom. The fraction of sp³-hybridized carbons (Fsp3) is 0.727. The van der Waals surface area contributed by atoms with Gasteiger partial charge in [0.25, 0.3) is 0 Å². The van der Waals surface area contributed by atoms with E-state index in [0.717, 1.165) is 0 Å². The van der Waals surface area contributed by atoms with Gasteiger partial charge in [-0.15, -0.1) is 0 Å². The molecule has 104 valence electrons. The van der Waals surface area contributed by atoms with Crippen LogP contribution in [0.15, 0.2) is 0 Å². The van der Waals surface area contributed by atoms with Crippen molar-refractivity contribution in [2.24, 2.45) is 0 Å². The third-order valence-corrected chi connectivity index (χ3v) is 2.24. The summed E-state index contributed by atoms with van der Waals surface area (Å²) in [6.45, 7) is 5.65. The molecule has 0 aromatic carbocycles. The summed E-state index contributed by atoms with van der Waals surface area (Å²) in [5.41, 5.74) is 0. The fourth-order valence-electron chi connectivity index (χ4n) is 1.24. The molecule has 1 atom stereocenters. The first-order valence-corrected chi connectivity index (χ1v) is 5.86. The molecule has 0 aromatic heterocycles. The van der Waals surface area contributed by atoms with Crippen molar-refractivity contribution in [3.63, 3.8) is 0 Å². The molecule has 7 heteroatoms. The molecule has 0 aliphatic rings. The molecule has 0 bridgehead atoms. The molecule has 1 unspecified atom stereocenters. The van der Waals surface area contributed by atoms with Gasteiger partial charge in [-0.2, -0.15) is 0 Å². The highest BCUT2D eigenvalue weighted by Gasteiger charge is 2.20. The Balaban J connectivity index is 4.25. The second kappa shape index (κ2) is 8.32. The number of ether oxygens (including phenoxy) is 1. The van der Waals surface area contributed by atoms with Crippen molar-refractivity contribution in [2.45, 2.75) is 33.2 Å². The molecule has 0 saturated heterocycles. The average molecular weight is 260 g/mol. The van der Waals surface area contributed by atoms with Crippen LogP contribution in [0.3, 0.4) is 0 Å². The normalized spacial score (nSPS) is 11.5. The van der Waals surface area contributed by atoms with Crippen molar-refractivity contribution in [1.29, 1.82) is 0 Å². The summed E-state index contributed by atoms with van der Waals surface area (Å²) < 4.78 is 4.75. The Bertz CT molecular complexity index is 306. The lowest BCUT2D eigenvalue weighted by Crippen LogP contribution is -2.47. The number of rotatable bonds is 7. The Morgan fingerprint density at radius 1 is 1.33 bits per heavy atom. The van der Waals surface area contributed by atoms with Crippen LogP contribution in [0, 0.1) is 0 Å². The number of nitrogens with one attached hydrogen (secondary N) is 1. The van der Waals surface area contributed by atoms with E-state index in [1.165, 1.54) is 11.8 Å². The largest absolute Gasteiger partial charge is 0.481 e. The minimum absolute atomic E-state index is 0.104. The molecule has 7 nitrogen and oxygen atoms in total. The topological polar surface area (TPSA) is 95.9 Å². The van der Waals surface area contributed by atoms with Crippen LogP contribution in [0.1, 0.15) is 27.2 Å². The van der Waals surface area contributed by atoms with Crippen molar-refractivity contribution in [3.05, 3.63) is 0 Å². The molecular weight excluding hydrogens is 240 g/mol. The van der Waals surface area contributed by atoms with Crippen molar-refractivity contribution >= 4 is 18.0 Å². The zero-order valence-electron chi connectivity index (χ0n) is 10.9. The fourth-order valence-corrected chi connectivity index (χ4v) is 1.24. The Morgan fingerprint density at radius 2 is 1.94 bits per heavy atom. The van der Waals surface area contributed by atoms with E-state index in [4.69, 9.17) is 9.84 Å². The first-order chi connectivity index (χ1) is 8.42. The van der Waals surface area contributed by atoms with Crippen LogP contribution < -0.4 is 5.32 Å². The zero-order valence-corrected chi connectivity index (χ0v) is 10.9. The number of carboxylic acids is 1. The predicted octanol–water partition coefficient (Wildman–Crippen LogP) is 0.444. The highest BCUT2D eigenvalue weighted by molar-refractivity contribution is 5.83. The molecule has 0 aliphatic heterocycles. The molecule has 0 fully saturated rings.